The van der Waals surface area contributed by atoms with Crippen molar-refractivity contribution in [2.75, 3.05) is 26.7 Å². The van der Waals surface area contributed by atoms with Crippen molar-refractivity contribution in [2.45, 2.75) is 44.8 Å². The number of fused-ring (bicyclic) bond motifs is 2. The average molecular weight is 339 g/mol. The second-order valence-electron chi connectivity index (χ2n) is 8.51. The summed E-state index contributed by atoms with van der Waals surface area (Å²) in [6.45, 7) is 6.06. The molecule has 1 aromatic carbocycles. The lowest BCUT2D eigenvalue weighted by molar-refractivity contribution is -0.0000712. The first-order chi connectivity index (χ1) is 12.2. The lowest BCUT2D eigenvalue weighted by Crippen LogP contribution is -2.37. The molecule has 0 bridgehead atoms. The Bertz CT molecular complexity index is 766. The molecule has 4 atom stereocenters. The first-order valence-electron chi connectivity index (χ1n) is 9.91. The van der Waals surface area contributed by atoms with Gasteiger partial charge in [0.2, 0.25) is 0 Å². The molecule has 4 nitrogen and oxygen atoms in total. The SMILES string of the molecule is CO[C@H]1C[C@@H]2CN(CC3CC3)C[C@@H]2C[C@@H]1n1c(C)nc2ccccc21. The standard InChI is InChI=1S/C21H29N3O/c1-14-22-18-5-3-4-6-19(18)24(14)20-9-16-12-23(11-15-7-8-15)13-17(16)10-21(20)25-2/h3-6,15-17,20-21H,7-13H2,1-2H3/t16-,17+,20-,21-/m0/s1. The second-order valence-corrected chi connectivity index (χ2v) is 8.51. The maximum absolute atomic E-state index is 6.00. The fourth-order valence-corrected chi connectivity index (χ4v) is 5.41. The van der Waals surface area contributed by atoms with E-state index < -0.39 is 0 Å². The van der Waals surface area contributed by atoms with Crippen molar-refractivity contribution in [3.05, 3.63) is 30.1 Å². The Labute approximate surface area is 150 Å². The molecule has 0 spiro atoms. The number of ether oxygens (including phenoxy) is 1. The number of methoxy groups -OCH3 is 1. The lowest BCUT2D eigenvalue weighted by atomic mass is 9.77. The lowest BCUT2D eigenvalue weighted by Gasteiger charge is -2.38. The smallest absolute Gasteiger partial charge is 0.107 e. The number of aromatic nitrogens is 2. The summed E-state index contributed by atoms with van der Waals surface area (Å²) in [5.41, 5.74) is 2.37. The molecule has 0 N–H and O–H groups in total. The van der Waals surface area contributed by atoms with E-state index in [2.05, 4.69) is 40.7 Å². The molecule has 0 amide bonds. The number of para-hydroxylation sites is 2. The number of nitrogens with zero attached hydrogens (tertiary/aromatic N) is 3. The van der Waals surface area contributed by atoms with Crippen molar-refractivity contribution >= 4 is 11.0 Å². The molecule has 1 saturated heterocycles. The van der Waals surface area contributed by atoms with Gasteiger partial charge in [0.25, 0.3) is 0 Å². The zero-order valence-electron chi connectivity index (χ0n) is 15.4. The quantitative estimate of drug-likeness (QED) is 0.852. The molecule has 2 aliphatic carbocycles. The van der Waals surface area contributed by atoms with Crippen LogP contribution in [0.1, 0.15) is 37.5 Å². The van der Waals surface area contributed by atoms with Gasteiger partial charge in [-0.1, -0.05) is 12.1 Å². The van der Waals surface area contributed by atoms with Gasteiger partial charge in [-0.2, -0.15) is 0 Å². The highest BCUT2D eigenvalue weighted by molar-refractivity contribution is 5.76. The maximum Gasteiger partial charge on any atom is 0.107 e. The normalized spacial score (nSPS) is 33.0. The van der Waals surface area contributed by atoms with E-state index in [0.717, 1.165) is 29.1 Å². The first-order valence-corrected chi connectivity index (χ1v) is 9.91. The van der Waals surface area contributed by atoms with Crippen molar-refractivity contribution < 1.29 is 4.74 Å². The van der Waals surface area contributed by atoms with Crippen LogP contribution in [0.15, 0.2) is 24.3 Å². The predicted octanol–water partition coefficient (Wildman–Crippen LogP) is 3.65. The fraction of sp³-hybridized carbons (Fsp3) is 0.667. The van der Waals surface area contributed by atoms with Gasteiger partial charge >= 0.3 is 0 Å². The van der Waals surface area contributed by atoms with Crippen molar-refractivity contribution in [1.29, 1.82) is 0 Å². The molecule has 3 aliphatic rings. The summed E-state index contributed by atoms with van der Waals surface area (Å²) in [5, 5.41) is 0. The topological polar surface area (TPSA) is 30.3 Å². The number of benzene rings is 1. The molecule has 4 heteroatoms. The van der Waals surface area contributed by atoms with Gasteiger partial charge in [0.05, 0.1) is 23.2 Å². The monoisotopic (exact) mass is 339 g/mol. The van der Waals surface area contributed by atoms with Crippen molar-refractivity contribution in [2.24, 2.45) is 17.8 Å². The zero-order chi connectivity index (χ0) is 17.0. The number of imidazole rings is 1. The van der Waals surface area contributed by atoms with E-state index in [1.807, 2.05) is 7.11 Å². The molecule has 1 aliphatic heterocycles. The van der Waals surface area contributed by atoms with E-state index in [-0.39, 0.29) is 0 Å². The number of rotatable bonds is 4. The highest BCUT2D eigenvalue weighted by Crippen LogP contribution is 2.44. The molecule has 0 radical (unpaired) electrons. The van der Waals surface area contributed by atoms with Crippen LogP contribution in [0, 0.1) is 24.7 Å². The van der Waals surface area contributed by atoms with Gasteiger partial charge in [-0.15, -0.1) is 0 Å². The van der Waals surface area contributed by atoms with Crippen LogP contribution in [0.3, 0.4) is 0 Å². The van der Waals surface area contributed by atoms with Gasteiger partial charge in [0, 0.05) is 26.7 Å². The van der Waals surface area contributed by atoms with Crippen LogP contribution < -0.4 is 0 Å². The van der Waals surface area contributed by atoms with Crippen LogP contribution in [0.4, 0.5) is 0 Å². The van der Waals surface area contributed by atoms with Gasteiger partial charge in [-0.05, 0) is 62.5 Å². The van der Waals surface area contributed by atoms with Gasteiger partial charge in [-0.3, -0.25) is 0 Å². The van der Waals surface area contributed by atoms with Gasteiger partial charge < -0.3 is 14.2 Å². The molecule has 2 saturated carbocycles. The summed E-state index contributed by atoms with van der Waals surface area (Å²) in [7, 11) is 1.89. The Kier molecular flexibility index (Phi) is 3.86. The third-order valence-electron chi connectivity index (χ3n) is 6.78. The number of hydrogen-bond acceptors (Lipinski definition) is 3. The van der Waals surface area contributed by atoms with E-state index in [4.69, 9.17) is 9.72 Å². The molecule has 1 aromatic heterocycles. The van der Waals surface area contributed by atoms with E-state index in [1.165, 1.54) is 50.8 Å². The van der Waals surface area contributed by atoms with Crippen molar-refractivity contribution in [3.8, 4) is 0 Å². The summed E-state index contributed by atoms with van der Waals surface area (Å²) in [5.74, 6) is 3.75. The van der Waals surface area contributed by atoms with E-state index in [1.54, 1.807) is 0 Å². The number of aryl methyl sites for hydroxylation is 1. The largest absolute Gasteiger partial charge is 0.379 e. The molecular weight excluding hydrogens is 310 g/mol. The molecule has 2 aromatic rings. The Morgan fingerprint density at radius 3 is 2.64 bits per heavy atom. The van der Waals surface area contributed by atoms with Crippen LogP contribution in [0.2, 0.25) is 0 Å². The summed E-state index contributed by atoms with van der Waals surface area (Å²) >= 11 is 0. The minimum absolute atomic E-state index is 0.304. The van der Waals surface area contributed by atoms with Crippen LogP contribution >= 0.6 is 0 Å². The third kappa shape index (κ3) is 2.80. The molecule has 3 fully saturated rings. The van der Waals surface area contributed by atoms with Crippen LogP contribution in [-0.4, -0.2) is 47.3 Å². The average Bonchev–Trinajstić information content (AvgIpc) is 3.23. The van der Waals surface area contributed by atoms with Crippen LogP contribution in [-0.2, 0) is 4.74 Å². The summed E-state index contributed by atoms with van der Waals surface area (Å²) < 4.78 is 8.46. The van der Waals surface area contributed by atoms with Crippen LogP contribution in [0.25, 0.3) is 11.0 Å². The Hall–Kier alpha value is -1.39. The van der Waals surface area contributed by atoms with Crippen molar-refractivity contribution in [1.82, 2.24) is 14.5 Å². The highest BCUT2D eigenvalue weighted by Gasteiger charge is 2.44. The van der Waals surface area contributed by atoms with Crippen LogP contribution in [0.5, 0.6) is 0 Å². The zero-order valence-corrected chi connectivity index (χ0v) is 15.4. The summed E-state index contributed by atoms with van der Waals surface area (Å²) in [4.78, 5) is 7.54. The molecule has 5 rings (SSSR count). The molecule has 0 unspecified atom stereocenters. The highest BCUT2D eigenvalue weighted by atomic mass is 16.5. The van der Waals surface area contributed by atoms with E-state index in [0.29, 0.717) is 12.1 Å². The minimum atomic E-state index is 0.304. The second kappa shape index (κ2) is 6.10. The summed E-state index contributed by atoms with van der Waals surface area (Å²) in [6, 6.07) is 8.96. The van der Waals surface area contributed by atoms with E-state index >= 15 is 0 Å². The Balaban J connectivity index is 1.43. The van der Waals surface area contributed by atoms with Crippen molar-refractivity contribution in [3.63, 3.8) is 0 Å². The summed E-state index contributed by atoms with van der Waals surface area (Å²) in [6.07, 6.45) is 5.63. The Morgan fingerprint density at radius 2 is 1.88 bits per heavy atom. The molecule has 2 heterocycles. The van der Waals surface area contributed by atoms with Gasteiger partial charge in [0.1, 0.15) is 5.82 Å². The number of likely N-dealkylation sites (tertiary alicyclic amines) is 1. The fourth-order valence-electron chi connectivity index (χ4n) is 5.41. The number of hydrogen-bond donors (Lipinski definition) is 0. The molecular formula is C21H29N3O. The van der Waals surface area contributed by atoms with E-state index in [9.17, 15) is 0 Å². The third-order valence-corrected chi connectivity index (χ3v) is 6.78. The first kappa shape index (κ1) is 15.8. The van der Waals surface area contributed by atoms with Gasteiger partial charge in [-0.25, -0.2) is 4.98 Å². The molecule has 134 valence electrons. The predicted molar refractivity (Wildman–Crippen MR) is 99.7 cm³/mol. The maximum atomic E-state index is 6.00. The Morgan fingerprint density at radius 1 is 1.12 bits per heavy atom. The van der Waals surface area contributed by atoms with Gasteiger partial charge in [0.15, 0.2) is 0 Å². The minimum Gasteiger partial charge on any atom is -0.379 e. The molecule has 25 heavy (non-hydrogen) atoms.